The number of nitrogens with zero attached hydrogens (tertiary/aromatic N) is 1. The van der Waals surface area contributed by atoms with Crippen LogP contribution in [0.15, 0.2) is 12.1 Å². The molecule has 24 heavy (non-hydrogen) atoms. The van der Waals surface area contributed by atoms with Crippen molar-refractivity contribution in [2.45, 2.75) is 45.4 Å². The third-order valence-electron chi connectivity index (χ3n) is 3.69. The van der Waals surface area contributed by atoms with E-state index in [0.29, 0.717) is 11.8 Å². The molecule has 4 heteroatoms. The summed E-state index contributed by atoms with van der Waals surface area (Å²) in [5.74, 6) is -12.7. The molecule has 3 atom stereocenters. The van der Waals surface area contributed by atoms with Crippen molar-refractivity contribution in [3.05, 3.63) is 23.2 Å². The van der Waals surface area contributed by atoms with Crippen LogP contribution in [0, 0.1) is 11.8 Å². The number of carbonyl (C=O) groups excluding carboxylic acids is 1. The van der Waals surface area contributed by atoms with Crippen LogP contribution in [0.1, 0.15) is 78.8 Å². The number of hydrogen-bond donors (Lipinski definition) is 0. The lowest BCUT2D eigenvalue weighted by atomic mass is 9.79. The normalized spacial score (nSPS) is 49.1. The fourth-order valence-corrected chi connectivity index (χ4v) is 2.54. The molecular formula is C20H29NO3. The van der Waals surface area contributed by atoms with E-state index in [1.54, 1.807) is 0 Å². The summed E-state index contributed by atoms with van der Waals surface area (Å²) in [6.45, 7) is -7.97. The average molecular weight is 353 g/mol. The van der Waals surface area contributed by atoms with E-state index in [2.05, 4.69) is 0 Å². The lowest BCUT2D eigenvalue weighted by Crippen LogP contribution is -2.46. The first-order valence-corrected chi connectivity index (χ1v) is 7.00. The van der Waals surface area contributed by atoms with Crippen LogP contribution in [0.25, 0.3) is 0 Å². The smallest absolute Gasteiger partial charge is 0.161 e. The predicted octanol–water partition coefficient (Wildman–Crippen LogP) is 3.63. The fraction of sp³-hybridized carbons (Fsp3) is 0.650. The molecule has 3 rings (SSSR count). The van der Waals surface area contributed by atoms with E-state index in [-0.39, 0.29) is 5.56 Å². The largest absolute Gasteiger partial charge is 0.493 e. The number of fused-ring (bicyclic) bond motifs is 3. The summed E-state index contributed by atoms with van der Waals surface area (Å²) >= 11 is 0. The Morgan fingerprint density at radius 3 is 3.04 bits per heavy atom. The zero-order valence-electron chi connectivity index (χ0n) is 33.7. The third kappa shape index (κ3) is 3.16. The molecule has 1 fully saturated rings. The van der Waals surface area contributed by atoms with Gasteiger partial charge in [0, 0.05) is 49.2 Å². The van der Waals surface area contributed by atoms with E-state index in [4.69, 9.17) is 38.3 Å². The van der Waals surface area contributed by atoms with Gasteiger partial charge in [-0.15, -0.1) is 0 Å². The Labute approximate surface area is 174 Å². The van der Waals surface area contributed by atoms with Crippen molar-refractivity contribution in [3.63, 3.8) is 0 Å². The van der Waals surface area contributed by atoms with Crippen molar-refractivity contribution in [1.29, 1.82) is 0 Å². The van der Waals surface area contributed by atoms with Crippen LogP contribution in [0.4, 0.5) is 0 Å². The standard InChI is InChI=1S/C20H29NO3/c1-5-13(2)8-15-12-21-7-6-14-9-19(23-3)20(24-4)10-16(14)17(21)11-18(15)22/h9-10,13,15,17H,5-8,11-12H2,1-4H3/i2D3,3D3,4D3,5D2,8D2,9D,10D,11D2,12D2,13D,15D. The number of ketones is 1. The molecule has 4 nitrogen and oxygen atoms in total. The molecule has 0 aliphatic carbocycles. The molecule has 0 amide bonds. The number of rotatable bonds is 5. The number of carbonyl (C=O) groups is 1. The first kappa shape index (κ1) is 5.00. The third-order valence-corrected chi connectivity index (χ3v) is 3.69. The Hall–Kier alpha value is -1.55. The Bertz CT molecular complexity index is 1360. The van der Waals surface area contributed by atoms with Gasteiger partial charge >= 0.3 is 0 Å². The Morgan fingerprint density at radius 1 is 1.54 bits per heavy atom. The van der Waals surface area contributed by atoms with Gasteiger partial charge in [0.2, 0.25) is 0 Å². The van der Waals surface area contributed by atoms with E-state index in [9.17, 15) is 4.79 Å². The van der Waals surface area contributed by atoms with Crippen LogP contribution in [0.2, 0.25) is 0 Å². The molecule has 3 unspecified atom stereocenters. The summed E-state index contributed by atoms with van der Waals surface area (Å²) in [6.07, 6.45) is -11.9. The highest BCUT2D eigenvalue weighted by atomic mass is 16.5. The maximum absolute atomic E-state index is 14.0. The first-order chi connectivity index (χ1) is 19.6. The molecule has 0 saturated carbocycles. The van der Waals surface area contributed by atoms with Gasteiger partial charge in [0.15, 0.2) is 11.5 Å². The van der Waals surface area contributed by atoms with E-state index in [1.807, 2.05) is 0 Å². The number of Topliss-reactive ketones (excluding diaryl/α,β-unsaturated/α-hetero) is 1. The number of hydrogen-bond acceptors (Lipinski definition) is 4. The number of ether oxygens (including phenoxy) is 2. The quantitative estimate of drug-likeness (QED) is 0.811. The van der Waals surface area contributed by atoms with Crippen molar-refractivity contribution in [1.82, 2.24) is 4.90 Å². The van der Waals surface area contributed by atoms with Crippen molar-refractivity contribution >= 4 is 5.78 Å². The van der Waals surface area contributed by atoms with Gasteiger partial charge in [-0.05, 0) is 41.9 Å². The van der Waals surface area contributed by atoms with E-state index < -0.39 is 112 Å². The first-order valence-electron chi connectivity index (χ1n) is 17.5. The molecule has 0 spiro atoms. The van der Waals surface area contributed by atoms with Gasteiger partial charge in [0.25, 0.3) is 0 Å². The van der Waals surface area contributed by atoms with Crippen LogP contribution in [0.5, 0.6) is 11.5 Å². The van der Waals surface area contributed by atoms with Crippen molar-refractivity contribution < 1.29 is 43.1 Å². The van der Waals surface area contributed by atoms with Gasteiger partial charge < -0.3 is 9.47 Å². The highest BCUT2D eigenvalue weighted by Gasteiger charge is 2.38. The summed E-state index contributed by atoms with van der Waals surface area (Å²) in [5, 5.41) is 0. The van der Waals surface area contributed by atoms with E-state index >= 15 is 0 Å². The monoisotopic (exact) mass is 352 g/mol. The maximum Gasteiger partial charge on any atom is 0.161 e. The number of piperidine rings is 1. The topological polar surface area (TPSA) is 38.8 Å². The number of benzene rings is 1. The number of methoxy groups -OCH3 is 2. The van der Waals surface area contributed by atoms with E-state index in [0.717, 1.165) is 0 Å². The SMILES string of the molecule is [2H]c1c2c(c([2H])c(OC([2H])([2H])[2H])c1OC([2H])([2H])[2H])C1N(CC2)C([2H])([2H])C([2H])(C([2H])([2H])C([2H])(C([2H])([2H])[2H])C([2H])([2H])C)C(=O)C1([2H])[2H]. The highest BCUT2D eigenvalue weighted by molar-refractivity contribution is 5.83. The molecule has 0 N–H and O–H groups in total. The summed E-state index contributed by atoms with van der Waals surface area (Å²) in [4.78, 5) is 14.4. The Balaban J connectivity index is 2.43. The van der Waals surface area contributed by atoms with Crippen LogP contribution >= 0.6 is 0 Å². The molecule has 132 valence electrons. The Morgan fingerprint density at radius 2 is 2.33 bits per heavy atom. The predicted molar refractivity (Wildman–Crippen MR) is 94.8 cm³/mol. The summed E-state index contributed by atoms with van der Waals surface area (Å²) in [6, 6.07) is -4.35. The summed E-state index contributed by atoms with van der Waals surface area (Å²) in [5.41, 5.74) is -1.12. The minimum absolute atomic E-state index is 0.381. The molecule has 2 heterocycles. The molecule has 0 radical (unpaired) electrons. The lowest BCUT2D eigenvalue weighted by molar-refractivity contribution is -0.129. The maximum atomic E-state index is 14.0. The molecule has 1 saturated heterocycles. The molecule has 0 bridgehead atoms. The second-order valence-corrected chi connectivity index (χ2v) is 5.06. The second-order valence-electron chi connectivity index (χ2n) is 5.06. The van der Waals surface area contributed by atoms with Crippen LogP contribution in [-0.2, 0) is 11.2 Å². The van der Waals surface area contributed by atoms with Crippen molar-refractivity contribution in [2.75, 3.05) is 27.1 Å². The summed E-state index contributed by atoms with van der Waals surface area (Å²) < 4.78 is 181. The van der Waals surface area contributed by atoms with Crippen molar-refractivity contribution in [2.24, 2.45) is 11.8 Å². The fourth-order valence-electron chi connectivity index (χ4n) is 2.54. The van der Waals surface area contributed by atoms with Gasteiger partial charge in [-0.25, -0.2) is 0 Å². The van der Waals surface area contributed by atoms with Gasteiger partial charge in [-0.1, -0.05) is 20.1 Å². The lowest BCUT2D eigenvalue weighted by Gasteiger charge is -2.43. The van der Waals surface area contributed by atoms with Crippen LogP contribution in [0.3, 0.4) is 0 Å². The van der Waals surface area contributed by atoms with Gasteiger partial charge in [-0.3, -0.25) is 9.69 Å². The van der Waals surface area contributed by atoms with Gasteiger partial charge in [0.05, 0.1) is 25.0 Å². The minimum Gasteiger partial charge on any atom is -0.493 e. The zero-order chi connectivity index (χ0) is 35.5. The Kier molecular flexibility index (Phi) is 1.49. The highest BCUT2D eigenvalue weighted by Crippen LogP contribution is 2.42. The van der Waals surface area contributed by atoms with Gasteiger partial charge in [0.1, 0.15) is 5.78 Å². The van der Waals surface area contributed by atoms with Crippen LogP contribution < -0.4 is 9.47 Å². The van der Waals surface area contributed by atoms with Crippen molar-refractivity contribution in [3.8, 4) is 11.5 Å². The molecule has 2 aliphatic rings. The average Bonchev–Trinajstić information content (AvgIpc) is 2.83. The molecule has 0 aromatic heterocycles. The van der Waals surface area contributed by atoms with E-state index in [1.165, 1.54) is 0 Å². The van der Waals surface area contributed by atoms with Gasteiger partial charge in [-0.2, -0.15) is 0 Å². The second kappa shape index (κ2) is 7.14. The van der Waals surface area contributed by atoms with Crippen LogP contribution in [-0.4, -0.2) is 37.8 Å². The summed E-state index contributed by atoms with van der Waals surface area (Å²) in [7, 11) is -6.70. The molecular weight excluding hydrogens is 302 g/mol. The molecule has 1 aromatic rings. The zero-order valence-corrected chi connectivity index (χ0v) is 12.7. The minimum atomic E-state index is -4.29. The molecule has 1 aromatic carbocycles. The molecule has 2 aliphatic heterocycles.